The third kappa shape index (κ3) is 4.90. The van der Waals surface area contributed by atoms with Crippen molar-refractivity contribution in [2.24, 2.45) is 0 Å². The Bertz CT molecular complexity index is 429. The highest BCUT2D eigenvalue weighted by Crippen LogP contribution is 2.24. The third-order valence-electron chi connectivity index (χ3n) is 2.38. The topological polar surface area (TPSA) is 35.5 Å². The molecule has 1 unspecified atom stereocenters. The first-order valence-corrected chi connectivity index (χ1v) is 5.89. The van der Waals surface area contributed by atoms with Gasteiger partial charge in [0.1, 0.15) is 11.9 Å². The zero-order valence-electron chi connectivity index (χ0n) is 10.7. The van der Waals surface area contributed by atoms with Gasteiger partial charge in [-0.15, -0.1) is 13.2 Å². The minimum Gasteiger partial charge on any atom is -0.406 e. The van der Waals surface area contributed by atoms with E-state index in [-0.39, 0.29) is 11.3 Å². The van der Waals surface area contributed by atoms with E-state index in [0.717, 1.165) is 12.1 Å². The summed E-state index contributed by atoms with van der Waals surface area (Å²) in [5.41, 5.74) is 0.141. The molecule has 0 saturated carbocycles. The fourth-order valence-electron chi connectivity index (χ4n) is 1.61. The van der Waals surface area contributed by atoms with Crippen LogP contribution < -0.4 is 4.74 Å². The lowest BCUT2D eigenvalue weighted by molar-refractivity contribution is -0.274. The van der Waals surface area contributed by atoms with Crippen LogP contribution in [0.4, 0.5) is 13.2 Å². The lowest BCUT2D eigenvalue weighted by atomic mass is 10.0. The Balaban J connectivity index is 2.89. The maximum Gasteiger partial charge on any atom is 0.573 e. The number of hydrogen-bond donors (Lipinski definition) is 0. The van der Waals surface area contributed by atoms with Gasteiger partial charge in [0.05, 0.1) is 0 Å². The van der Waals surface area contributed by atoms with E-state index in [9.17, 15) is 18.0 Å². The Morgan fingerprint density at radius 1 is 1.32 bits per heavy atom. The van der Waals surface area contributed by atoms with Gasteiger partial charge in [0.15, 0.2) is 5.78 Å². The van der Waals surface area contributed by atoms with Crippen molar-refractivity contribution in [2.75, 3.05) is 6.61 Å². The molecule has 0 aromatic heterocycles. The highest BCUT2D eigenvalue weighted by atomic mass is 19.4. The molecule has 0 N–H and O–H groups in total. The molecule has 1 aromatic carbocycles. The maximum atomic E-state index is 12.1. The van der Waals surface area contributed by atoms with Gasteiger partial charge in [0.25, 0.3) is 0 Å². The summed E-state index contributed by atoms with van der Waals surface area (Å²) in [5.74, 6) is -0.762. The third-order valence-corrected chi connectivity index (χ3v) is 2.38. The standard InChI is InChI=1S/C13H15F3O3/c1-3-11(18-4-2)12(17)9-6-5-7-10(8-9)19-13(14,15)16/h5-8,11H,3-4H2,1-2H3. The molecule has 0 fully saturated rings. The van der Waals surface area contributed by atoms with Gasteiger partial charge in [-0.25, -0.2) is 0 Å². The highest BCUT2D eigenvalue weighted by Gasteiger charge is 2.31. The fourth-order valence-corrected chi connectivity index (χ4v) is 1.61. The van der Waals surface area contributed by atoms with E-state index in [0.29, 0.717) is 13.0 Å². The Hall–Kier alpha value is -1.56. The molecule has 1 aromatic rings. The quantitative estimate of drug-likeness (QED) is 0.745. The number of benzene rings is 1. The molecule has 0 spiro atoms. The summed E-state index contributed by atoms with van der Waals surface area (Å²) in [6.45, 7) is 3.89. The van der Waals surface area contributed by atoms with Crippen molar-refractivity contribution in [1.82, 2.24) is 0 Å². The molecule has 3 nitrogen and oxygen atoms in total. The number of ether oxygens (including phenoxy) is 2. The second kappa shape index (κ2) is 6.56. The summed E-state index contributed by atoms with van der Waals surface area (Å²) in [7, 11) is 0. The van der Waals surface area contributed by atoms with Crippen molar-refractivity contribution in [3.8, 4) is 5.75 Å². The smallest absolute Gasteiger partial charge is 0.406 e. The molecular weight excluding hydrogens is 261 g/mol. The van der Waals surface area contributed by atoms with E-state index in [1.807, 2.05) is 0 Å². The summed E-state index contributed by atoms with van der Waals surface area (Å²) in [6, 6.07) is 4.99. The number of rotatable bonds is 6. The molecule has 1 rings (SSSR count). The number of halogens is 3. The van der Waals surface area contributed by atoms with Crippen LogP contribution in [0.5, 0.6) is 5.75 Å². The predicted molar refractivity (Wildman–Crippen MR) is 63.2 cm³/mol. The minimum absolute atomic E-state index is 0.141. The predicted octanol–water partition coefficient (Wildman–Crippen LogP) is 3.58. The monoisotopic (exact) mass is 276 g/mol. The summed E-state index contributed by atoms with van der Waals surface area (Å²) < 4.78 is 45.3. The van der Waals surface area contributed by atoms with E-state index in [4.69, 9.17) is 4.74 Å². The van der Waals surface area contributed by atoms with Crippen molar-refractivity contribution in [2.45, 2.75) is 32.7 Å². The second-order valence-corrected chi connectivity index (χ2v) is 3.79. The zero-order valence-corrected chi connectivity index (χ0v) is 10.7. The summed E-state index contributed by atoms with van der Waals surface area (Å²) >= 11 is 0. The van der Waals surface area contributed by atoms with Crippen molar-refractivity contribution in [3.63, 3.8) is 0 Å². The molecule has 1 atom stereocenters. The molecule has 0 amide bonds. The van der Waals surface area contributed by atoms with E-state index in [1.54, 1.807) is 13.8 Å². The Morgan fingerprint density at radius 3 is 2.53 bits per heavy atom. The maximum absolute atomic E-state index is 12.1. The first-order valence-electron chi connectivity index (χ1n) is 5.89. The zero-order chi connectivity index (χ0) is 14.5. The summed E-state index contributed by atoms with van der Waals surface area (Å²) in [6.07, 6.45) is -4.96. The minimum atomic E-state index is -4.77. The van der Waals surface area contributed by atoms with Crippen molar-refractivity contribution >= 4 is 5.78 Å². The largest absolute Gasteiger partial charge is 0.573 e. The van der Waals surface area contributed by atoms with Crippen LogP contribution in [0.15, 0.2) is 24.3 Å². The van der Waals surface area contributed by atoms with Crippen LogP contribution in [0.25, 0.3) is 0 Å². The van der Waals surface area contributed by atoms with Crippen molar-refractivity contribution in [3.05, 3.63) is 29.8 Å². The second-order valence-electron chi connectivity index (χ2n) is 3.79. The molecule has 0 radical (unpaired) electrons. The van der Waals surface area contributed by atoms with Crippen molar-refractivity contribution < 1.29 is 27.4 Å². The van der Waals surface area contributed by atoms with Crippen LogP contribution in [0.2, 0.25) is 0 Å². The van der Waals surface area contributed by atoms with E-state index < -0.39 is 18.2 Å². The van der Waals surface area contributed by atoms with Crippen LogP contribution in [0.1, 0.15) is 30.6 Å². The average molecular weight is 276 g/mol. The normalized spacial score (nSPS) is 13.1. The van der Waals surface area contributed by atoms with Crippen LogP contribution in [0, 0.1) is 0 Å². The molecule has 0 aliphatic heterocycles. The fraction of sp³-hybridized carbons (Fsp3) is 0.462. The van der Waals surface area contributed by atoms with Gasteiger partial charge >= 0.3 is 6.36 Å². The number of carbonyl (C=O) groups excluding carboxylic acids is 1. The Kier molecular flexibility index (Phi) is 5.35. The number of Topliss-reactive ketones (excluding diaryl/α,β-unsaturated/α-hetero) is 1. The van der Waals surface area contributed by atoms with Gasteiger partial charge < -0.3 is 9.47 Å². The highest BCUT2D eigenvalue weighted by molar-refractivity contribution is 5.99. The first-order chi connectivity index (χ1) is 8.87. The van der Waals surface area contributed by atoms with Crippen molar-refractivity contribution in [1.29, 1.82) is 0 Å². The molecule has 0 aliphatic rings. The summed E-state index contributed by atoms with van der Waals surface area (Å²) in [4.78, 5) is 12.0. The van der Waals surface area contributed by atoms with E-state index >= 15 is 0 Å². The van der Waals surface area contributed by atoms with E-state index in [2.05, 4.69) is 4.74 Å². The number of alkyl halides is 3. The number of ketones is 1. The van der Waals surface area contributed by atoms with Gasteiger partial charge in [-0.1, -0.05) is 19.1 Å². The average Bonchev–Trinajstić information content (AvgIpc) is 2.33. The van der Waals surface area contributed by atoms with Crippen LogP contribution in [-0.4, -0.2) is 24.9 Å². The molecule has 0 bridgehead atoms. The molecule has 106 valence electrons. The number of carbonyl (C=O) groups is 1. The van der Waals surface area contributed by atoms with Gasteiger partial charge in [0, 0.05) is 12.2 Å². The van der Waals surface area contributed by atoms with Gasteiger partial charge in [0.2, 0.25) is 0 Å². The summed E-state index contributed by atoms with van der Waals surface area (Å²) in [5, 5.41) is 0. The van der Waals surface area contributed by atoms with Crippen LogP contribution in [-0.2, 0) is 4.74 Å². The van der Waals surface area contributed by atoms with E-state index in [1.165, 1.54) is 12.1 Å². The molecule has 0 aliphatic carbocycles. The van der Waals surface area contributed by atoms with Gasteiger partial charge in [-0.3, -0.25) is 4.79 Å². The lowest BCUT2D eigenvalue weighted by Crippen LogP contribution is -2.24. The SMILES string of the molecule is CCOC(CC)C(=O)c1cccc(OC(F)(F)F)c1. The van der Waals surface area contributed by atoms with Crippen LogP contribution in [0.3, 0.4) is 0 Å². The molecule has 19 heavy (non-hydrogen) atoms. The Morgan fingerprint density at radius 2 is 2.00 bits per heavy atom. The first kappa shape index (κ1) is 15.5. The lowest BCUT2D eigenvalue weighted by Gasteiger charge is -2.14. The molecule has 0 heterocycles. The molecule has 0 saturated heterocycles. The van der Waals surface area contributed by atoms with Gasteiger partial charge in [-0.05, 0) is 25.5 Å². The Labute approximate surface area is 109 Å². The molecule has 6 heteroatoms. The van der Waals surface area contributed by atoms with Crippen LogP contribution >= 0.6 is 0 Å². The van der Waals surface area contributed by atoms with Gasteiger partial charge in [-0.2, -0.15) is 0 Å². The number of hydrogen-bond acceptors (Lipinski definition) is 3. The molecular formula is C13H15F3O3.